The summed E-state index contributed by atoms with van der Waals surface area (Å²) < 4.78 is 62.2. The minimum absolute atomic E-state index is 0.147. The summed E-state index contributed by atoms with van der Waals surface area (Å²) in [5.41, 5.74) is -0.149. The van der Waals surface area contributed by atoms with Gasteiger partial charge in [-0.3, -0.25) is 0 Å². The fourth-order valence-electron chi connectivity index (χ4n) is 1.76. The molecule has 2 nitrogen and oxygen atoms in total. The van der Waals surface area contributed by atoms with E-state index in [0.717, 1.165) is 6.04 Å². The number of aryl methyl sites for hydroxylation is 1. The van der Waals surface area contributed by atoms with Crippen molar-refractivity contribution in [3.05, 3.63) is 34.9 Å². The number of hydrogen-bond acceptors (Lipinski definition) is 2. The Labute approximate surface area is 111 Å². The Balaban J connectivity index is 2.55. The first-order valence-corrected chi connectivity index (χ1v) is 7.64. The third kappa shape index (κ3) is 4.29. The zero-order chi connectivity index (χ0) is 14.4. The zero-order valence-corrected chi connectivity index (χ0v) is 12.0. The molecule has 1 aromatic carbocycles. The Morgan fingerprint density at radius 3 is 2.16 bits per heavy atom. The number of hydrogen-bond donors (Lipinski definition) is 0. The van der Waals surface area contributed by atoms with Gasteiger partial charge in [0.15, 0.2) is 23.3 Å². The summed E-state index contributed by atoms with van der Waals surface area (Å²) in [5, 5.41) is 0. The van der Waals surface area contributed by atoms with Crippen molar-refractivity contribution in [1.82, 2.24) is 0 Å². The summed E-state index contributed by atoms with van der Waals surface area (Å²) in [4.78, 5) is 0. The van der Waals surface area contributed by atoms with Gasteiger partial charge in [0, 0.05) is 14.2 Å². The molecule has 1 aromatic rings. The van der Waals surface area contributed by atoms with Gasteiger partial charge < -0.3 is 8.85 Å². The molecule has 1 rings (SSSR count). The molecule has 0 fully saturated rings. The van der Waals surface area contributed by atoms with Gasteiger partial charge in [-0.1, -0.05) is 6.42 Å². The topological polar surface area (TPSA) is 18.5 Å². The van der Waals surface area contributed by atoms with Crippen LogP contribution in [0.1, 0.15) is 18.4 Å². The van der Waals surface area contributed by atoms with Crippen molar-refractivity contribution in [2.45, 2.75) is 25.3 Å². The Bertz CT molecular complexity index is 425. The second-order valence-corrected chi connectivity index (χ2v) is 6.49. The summed E-state index contributed by atoms with van der Waals surface area (Å²) in [7, 11) is 1.46. The zero-order valence-electron chi connectivity index (χ0n) is 10.8. The molecule has 0 saturated carbocycles. The first kappa shape index (κ1) is 16.1. The van der Waals surface area contributed by atoms with Crippen LogP contribution in [0.2, 0.25) is 6.04 Å². The van der Waals surface area contributed by atoms with Gasteiger partial charge in [-0.05, 0) is 30.5 Å². The standard InChI is InChI=1S/C12H16F4O2Si/c1-17-19(18-2)6-4-3-5-8-7-9(13)11(15)12(16)10(8)14/h7,19H,3-6H2,1-2H3. The molecule has 0 atom stereocenters. The molecule has 108 valence electrons. The van der Waals surface area contributed by atoms with Crippen molar-refractivity contribution in [3.63, 3.8) is 0 Å². The van der Waals surface area contributed by atoms with Crippen LogP contribution in [0, 0.1) is 23.3 Å². The predicted octanol–water partition coefficient (Wildman–Crippen LogP) is 3.08. The van der Waals surface area contributed by atoms with E-state index in [1.165, 1.54) is 0 Å². The number of benzene rings is 1. The van der Waals surface area contributed by atoms with Crippen LogP contribution in [0.5, 0.6) is 0 Å². The van der Waals surface area contributed by atoms with Gasteiger partial charge in [0.2, 0.25) is 0 Å². The second kappa shape index (κ2) is 7.61. The molecule has 19 heavy (non-hydrogen) atoms. The highest BCUT2D eigenvalue weighted by Gasteiger charge is 2.18. The van der Waals surface area contributed by atoms with Gasteiger partial charge in [-0.25, -0.2) is 17.6 Å². The summed E-state index contributed by atoms with van der Waals surface area (Å²) >= 11 is 0. The normalized spacial score (nSPS) is 11.3. The van der Waals surface area contributed by atoms with E-state index in [9.17, 15) is 17.6 Å². The highest BCUT2D eigenvalue weighted by molar-refractivity contribution is 6.44. The van der Waals surface area contributed by atoms with Crippen molar-refractivity contribution in [2.75, 3.05) is 14.2 Å². The summed E-state index contributed by atoms with van der Waals surface area (Å²) in [6, 6.07) is 1.43. The lowest BCUT2D eigenvalue weighted by atomic mass is 10.1. The molecule has 0 spiro atoms. The van der Waals surface area contributed by atoms with Gasteiger partial charge >= 0.3 is 9.28 Å². The average Bonchev–Trinajstić information content (AvgIpc) is 2.42. The maximum atomic E-state index is 13.3. The molecule has 0 aliphatic carbocycles. The summed E-state index contributed by atoms with van der Waals surface area (Å²) in [6.07, 6.45) is 1.37. The lowest BCUT2D eigenvalue weighted by Gasteiger charge is -2.10. The maximum absolute atomic E-state index is 13.3. The quantitative estimate of drug-likeness (QED) is 0.253. The van der Waals surface area contributed by atoms with Gasteiger partial charge in [0.25, 0.3) is 0 Å². The molecule has 0 N–H and O–H groups in total. The lowest BCUT2D eigenvalue weighted by molar-refractivity contribution is 0.276. The molecule has 0 aliphatic rings. The average molecular weight is 296 g/mol. The van der Waals surface area contributed by atoms with Crippen molar-refractivity contribution in [1.29, 1.82) is 0 Å². The van der Waals surface area contributed by atoms with Crippen molar-refractivity contribution in [3.8, 4) is 0 Å². The van der Waals surface area contributed by atoms with Crippen LogP contribution in [0.15, 0.2) is 6.07 Å². The van der Waals surface area contributed by atoms with Crippen LogP contribution in [-0.4, -0.2) is 23.5 Å². The minimum Gasteiger partial charge on any atom is -0.400 e. The third-order valence-electron chi connectivity index (χ3n) is 2.84. The van der Waals surface area contributed by atoms with Crippen molar-refractivity contribution >= 4 is 9.28 Å². The van der Waals surface area contributed by atoms with E-state index in [-0.39, 0.29) is 12.0 Å². The lowest BCUT2D eigenvalue weighted by Crippen LogP contribution is -2.18. The van der Waals surface area contributed by atoms with Gasteiger partial charge in [-0.2, -0.15) is 0 Å². The highest BCUT2D eigenvalue weighted by atomic mass is 28.3. The van der Waals surface area contributed by atoms with E-state index >= 15 is 0 Å². The van der Waals surface area contributed by atoms with Gasteiger partial charge in [-0.15, -0.1) is 0 Å². The molecule has 0 aromatic heterocycles. The first-order chi connectivity index (χ1) is 9.01. The molecule has 7 heteroatoms. The number of rotatable bonds is 7. The minimum atomic E-state index is -1.77. The third-order valence-corrected chi connectivity index (χ3v) is 4.77. The molecular weight excluding hydrogens is 280 g/mol. The molecule has 0 heterocycles. The van der Waals surface area contributed by atoms with Crippen LogP contribution in [0.3, 0.4) is 0 Å². The Morgan fingerprint density at radius 2 is 1.58 bits per heavy atom. The van der Waals surface area contributed by atoms with E-state index in [1.54, 1.807) is 14.2 Å². The Kier molecular flexibility index (Phi) is 6.46. The van der Waals surface area contributed by atoms with Crippen LogP contribution in [-0.2, 0) is 15.3 Å². The van der Waals surface area contributed by atoms with Crippen LogP contribution in [0.4, 0.5) is 17.6 Å². The summed E-state index contributed by atoms with van der Waals surface area (Å²) in [5.74, 6) is -6.20. The first-order valence-electron chi connectivity index (χ1n) is 5.88. The molecule has 0 saturated heterocycles. The van der Waals surface area contributed by atoms with Crippen LogP contribution in [0.25, 0.3) is 0 Å². The Morgan fingerprint density at radius 1 is 0.947 bits per heavy atom. The molecule has 0 amide bonds. The molecular formula is C12H16F4O2Si. The van der Waals surface area contributed by atoms with Crippen molar-refractivity contribution in [2.24, 2.45) is 0 Å². The maximum Gasteiger partial charge on any atom is 0.320 e. The van der Waals surface area contributed by atoms with E-state index in [1.807, 2.05) is 0 Å². The number of unbranched alkanes of at least 4 members (excludes halogenated alkanes) is 1. The van der Waals surface area contributed by atoms with Crippen molar-refractivity contribution < 1.29 is 26.4 Å². The summed E-state index contributed by atoms with van der Waals surface area (Å²) in [6.45, 7) is 0. The SMILES string of the molecule is CO[SiH](CCCCc1cc(F)c(F)c(F)c1F)OC. The molecule has 0 unspecified atom stereocenters. The van der Waals surface area contributed by atoms with Crippen LogP contribution < -0.4 is 0 Å². The molecule has 0 aliphatic heterocycles. The highest BCUT2D eigenvalue weighted by Crippen LogP contribution is 2.20. The van der Waals surface area contributed by atoms with E-state index in [0.29, 0.717) is 18.9 Å². The fraction of sp³-hybridized carbons (Fsp3) is 0.500. The van der Waals surface area contributed by atoms with Crippen LogP contribution >= 0.6 is 0 Å². The fourth-order valence-corrected chi connectivity index (χ4v) is 3.05. The number of halogens is 4. The Hall–Kier alpha value is -0.923. The van der Waals surface area contributed by atoms with Gasteiger partial charge in [0.1, 0.15) is 0 Å². The smallest absolute Gasteiger partial charge is 0.320 e. The monoisotopic (exact) mass is 296 g/mol. The molecule has 0 radical (unpaired) electrons. The second-order valence-electron chi connectivity index (χ2n) is 4.11. The predicted molar refractivity (Wildman–Crippen MR) is 65.2 cm³/mol. The largest absolute Gasteiger partial charge is 0.400 e. The van der Waals surface area contributed by atoms with E-state index in [2.05, 4.69) is 0 Å². The van der Waals surface area contributed by atoms with E-state index in [4.69, 9.17) is 8.85 Å². The van der Waals surface area contributed by atoms with E-state index < -0.39 is 32.6 Å². The van der Waals surface area contributed by atoms with Gasteiger partial charge in [0.05, 0.1) is 0 Å². The molecule has 0 bridgehead atoms.